The molecule has 1 aromatic heterocycles. The molecule has 1 unspecified atom stereocenters. The molecule has 0 radical (unpaired) electrons. The van der Waals surface area contributed by atoms with Gasteiger partial charge in [-0.1, -0.05) is 0 Å². The first-order valence-corrected chi connectivity index (χ1v) is 9.31. The number of nitrogens with zero attached hydrogens (tertiary/aromatic N) is 2. The fraction of sp³-hybridized carbons (Fsp3) is 0.267. The van der Waals surface area contributed by atoms with Gasteiger partial charge in [0.15, 0.2) is 27.3 Å². The van der Waals surface area contributed by atoms with Crippen LogP contribution >= 0.6 is 0 Å². The monoisotopic (exact) mass is 386 g/mol. The average molecular weight is 386 g/mol. The van der Waals surface area contributed by atoms with E-state index in [1.54, 1.807) is 0 Å². The average Bonchev–Trinajstić information content (AvgIpc) is 2.94. The molecule has 1 aromatic carbocycles. The number of rotatable bonds is 4. The first kappa shape index (κ1) is 18.1. The Morgan fingerprint density at radius 2 is 1.81 bits per heavy atom. The van der Waals surface area contributed by atoms with E-state index in [0.29, 0.717) is 12.5 Å². The van der Waals surface area contributed by atoms with E-state index in [2.05, 4.69) is 20.6 Å². The van der Waals surface area contributed by atoms with Crippen molar-refractivity contribution in [2.45, 2.75) is 12.5 Å². The molecule has 11 heteroatoms. The van der Waals surface area contributed by atoms with Gasteiger partial charge in [-0.2, -0.15) is 0 Å². The van der Waals surface area contributed by atoms with Crippen molar-refractivity contribution in [1.29, 1.82) is 0 Å². The first-order chi connectivity index (χ1) is 12.2. The summed E-state index contributed by atoms with van der Waals surface area (Å²) >= 11 is 0. The van der Waals surface area contributed by atoms with Crippen molar-refractivity contribution >= 4 is 27.4 Å². The van der Waals surface area contributed by atoms with Gasteiger partial charge in [0.2, 0.25) is 5.95 Å². The number of carbonyl (C=O) groups excluding carboxylic acids is 1. The molecule has 0 saturated carbocycles. The maximum atomic E-state index is 13.6. The molecule has 1 amide bonds. The van der Waals surface area contributed by atoms with E-state index in [-0.39, 0.29) is 29.1 Å². The van der Waals surface area contributed by atoms with Crippen molar-refractivity contribution in [3.63, 3.8) is 0 Å². The zero-order valence-corrected chi connectivity index (χ0v) is 14.0. The molecular weight excluding hydrogens is 373 g/mol. The molecule has 0 spiro atoms. The zero-order valence-electron chi connectivity index (χ0n) is 13.2. The van der Waals surface area contributed by atoms with E-state index in [0.717, 1.165) is 18.5 Å². The van der Waals surface area contributed by atoms with Gasteiger partial charge < -0.3 is 10.6 Å². The smallest absolute Gasteiger partial charge is 0.258 e. The van der Waals surface area contributed by atoms with Gasteiger partial charge in [-0.15, -0.1) is 0 Å². The third-order valence-corrected chi connectivity index (χ3v) is 5.53. The SMILES string of the molecule is O=C(Nc1ccc(F)c(F)c1F)c1cnc(NC2CCS(=O)(=O)C2)nc1. The first-order valence-electron chi connectivity index (χ1n) is 7.49. The molecule has 1 saturated heterocycles. The Bertz CT molecular complexity index is 951. The quantitative estimate of drug-likeness (QED) is 0.777. The summed E-state index contributed by atoms with van der Waals surface area (Å²) in [5, 5.41) is 4.95. The summed E-state index contributed by atoms with van der Waals surface area (Å²) in [5.74, 6) is -5.18. The van der Waals surface area contributed by atoms with Crippen LogP contribution in [0.4, 0.5) is 24.8 Å². The fourth-order valence-corrected chi connectivity index (χ4v) is 4.10. The summed E-state index contributed by atoms with van der Waals surface area (Å²) in [6.45, 7) is 0. The summed E-state index contributed by atoms with van der Waals surface area (Å²) in [6, 6.07) is 1.27. The maximum Gasteiger partial charge on any atom is 0.258 e. The van der Waals surface area contributed by atoms with Crippen molar-refractivity contribution in [3.05, 3.63) is 47.5 Å². The third kappa shape index (κ3) is 3.93. The molecule has 0 aliphatic carbocycles. The zero-order chi connectivity index (χ0) is 18.9. The number of amides is 1. The van der Waals surface area contributed by atoms with E-state index in [1.807, 2.05) is 0 Å². The lowest BCUT2D eigenvalue weighted by Gasteiger charge is -2.11. The second kappa shape index (κ2) is 6.90. The van der Waals surface area contributed by atoms with Crippen molar-refractivity contribution in [2.24, 2.45) is 0 Å². The summed E-state index contributed by atoms with van der Waals surface area (Å²) < 4.78 is 62.4. The Kier molecular flexibility index (Phi) is 4.81. The highest BCUT2D eigenvalue weighted by Crippen LogP contribution is 2.20. The van der Waals surface area contributed by atoms with Gasteiger partial charge in [-0.3, -0.25) is 4.79 Å². The lowest BCUT2D eigenvalue weighted by atomic mass is 10.2. The number of hydrogen-bond donors (Lipinski definition) is 2. The molecule has 1 atom stereocenters. The van der Waals surface area contributed by atoms with E-state index in [9.17, 15) is 26.4 Å². The Morgan fingerprint density at radius 3 is 2.42 bits per heavy atom. The van der Waals surface area contributed by atoms with Gasteiger partial charge in [-0.25, -0.2) is 31.6 Å². The Labute approximate surface area is 146 Å². The number of carbonyl (C=O) groups is 1. The molecule has 2 heterocycles. The van der Waals surface area contributed by atoms with Crippen LogP contribution in [-0.4, -0.2) is 41.8 Å². The third-order valence-electron chi connectivity index (χ3n) is 3.76. The molecule has 1 fully saturated rings. The maximum absolute atomic E-state index is 13.6. The van der Waals surface area contributed by atoms with Gasteiger partial charge >= 0.3 is 0 Å². The highest BCUT2D eigenvalue weighted by atomic mass is 32.2. The highest BCUT2D eigenvalue weighted by molar-refractivity contribution is 7.91. The molecule has 1 aliphatic rings. The number of anilines is 2. The lowest BCUT2D eigenvalue weighted by molar-refractivity contribution is 0.102. The van der Waals surface area contributed by atoms with Gasteiger partial charge in [0, 0.05) is 18.4 Å². The molecule has 0 bridgehead atoms. The van der Waals surface area contributed by atoms with Crippen LogP contribution in [0.15, 0.2) is 24.5 Å². The molecule has 1 aliphatic heterocycles. The van der Waals surface area contributed by atoms with Gasteiger partial charge in [0.1, 0.15) is 0 Å². The number of aromatic nitrogens is 2. The number of hydrogen-bond acceptors (Lipinski definition) is 6. The van der Waals surface area contributed by atoms with E-state index >= 15 is 0 Å². The second-order valence-electron chi connectivity index (χ2n) is 5.72. The van der Waals surface area contributed by atoms with Crippen molar-refractivity contribution in [2.75, 3.05) is 22.1 Å². The molecule has 3 rings (SSSR count). The Hall–Kier alpha value is -2.69. The van der Waals surface area contributed by atoms with Crippen LogP contribution in [0.5, 0.6) is 0 Å². The van der Waals surface area contributed by atoms with Crippen LogP contribution in [-0.2, 0) is 9.84 Å². The molecule has 138 valence electrons. The van der Waals surface area contributed by atoms with Crippen LogP contribution in [0.2, 0.25) is 0 Å². The second-order valence-corrected chi connectivity index (χ2v) is 7.95. The number of nitrogens with one attached hydrogen (secondary N) is 2. The molecule has 7 nitrogen and oxygen atoms in total. The fourth-order valence-electron chi connectivity index (χ4n) is 2.43. The van der Waals surface area contributed by atoms with Crippen LogP contribution in [0.3, 0.4) is 0 Å². The normalized spacial score (nSPS) is 18.5. The summed E-state index contributed by atoms with van der Waals surface area (Å²) in [4.78, 5) is 19.8. The topological polar surface area (TPSA) is 101 Å². The standard InChI is InChI=1S/C15H13F3N4O3S/c16-10-1-2-11(13(18)12(10)17)22-14(23)8-5-19-15(20-6-8)21-9-3-4-26(24,25)7-9/h1-2,5-6,9H,3-4,7H2,(H,22,23)(H,19,20,21). The Balaban J connectivity index is 1.67. The minimum Gasteiger partial charge on any atom is -0.350 e. The highest BCUT2D eigenvalue weighted by Gasteiger charge is 2.28. The predicted molar refractivity (Wildman–Crippen MR) is 87.0 cm³/mol. The minimum absolute atomic E-state index is 0.0198. The molecular formula is C15H13F3N4O3S. The van der Waals surface area contributed by atoms with Crippen LogP contribution in [0.25, 0.3) is 0 Å². The number of benzene rings is 1. The van der Waals surface area contributed by atoms with Crippen LogP contribution < -0.4 is 10.6 Å². The van der Waals surface area contributed by atoms with E-state index in [4.69, 9.17) is 0 Å². The molecule has 2 N–H and O–H groups in total. The van der Waals surface area contributed by atoms with E-state index < -0.39 is 38.9 Å². The predicted octanol–water partition coefficient (Wildman–Crippen LogP) is 1.75. The molecule has 2 aromatic rings. The van der Waals surface area contributed by atoms with Crippen molar-refractivity contribution in [3.8, 4) is 0 Å². The number of sulfone groups is 1. The largest absolute Gasteiger partial charge is 0.350 e. The Morgan fingerprint density at radius 1 is 1.12 bits per heavy atom. The summed E-state index contributed by atoms with van der Waals surface area (Å²) in [5.41, 5.74) is -0.564. The summed E-state index contributed by atoms with van der Waals surface area (Å²) in [6.07, 6.45) is 2.72. The van der Waals surface area contributed by atoms with Crippen LogP contribution in [0.1, 0.15) is 16.8 Å². The molecule has 26 heavy (non-hydrogen) atoms. The lowest BCUT2D eigenvalue weighted by Crippen LogP contribution is -2.22. The number of halogens is 3. The van der Waals surface area contributed by atoms with Crippen LogP contribution in [0, 0.1) is 17.5 Å². The van der Waals surface area contributed by atoms with Gasteiger partial charge in [0.25, 0.3) is 5.91 Å². The van der Waals surface area contributed by atoms with Gasteiger partial charge in [0.05, 0.1) is 22.8 Å². The van der Waals surface area contributed by atoms with Gasteiger partial charge in [-0.05, 0) is 18.6 Å². The minimum atomic E-state index is -3.06. The summed E-state index contributed by atoms with van der Waals surface area (Å²) in [7, 11) is -3.06. The van der Waals surface area contributed by atoms with Crippen molar-refractivity contribution < 1.29 is 26.4 Å². The van der Waals surface area contributed by atoms with E-state index in [1.165, 1.54) is 0 Å². The van der Waals surface area contributed by atoms with Crippen molar-refractivity contribution in [1.82, 2.24) is 9.97 Å².